The summed E-state index contributed by atoms with van der Waals surface area (Å²) in [6.07, 6.45) is -0.616. The Bertz CT molecular complexity index is 445. The molecule has 0 saturated heterocycles. The van der Waals surface area contributed by atoms with Gasteiger partial charge in [0.25, 0.3) is 5.91 Å². The largest absolute Gasteiger partial charge is 0.496 e. The topological polar surface area (TPSA) is 77.0 Å². The standard InChI is InChI=1S/C13H19NO5/c1-8(15)7-14-13(16)9-5-11(18-3)12(19-4)6-10(9)17-2/h5-6,8,15H,7H2,1-4H3,(H,14,16). The molecule has 19 heavy (non-hydrogen) atoms. The first-order valence-electron chi connectivity index (χ1n) is 5.79. The van der Waals surface area contributed by atoms with Crippen LogP contribution in [0.4, 0.5) is 0 Å². The van der Waals surface area contributed by atoms with Crippen LogP contribution in [0.5, 0.6) is 17.2 Å². The molecular formula is C13H19NO5. The summed E-state index contributed by atoms with van der Waals surface area (Å²) in [5.74, 6) is 0.941. The highest BCUT2D eigenvalue weighted by Gasteiger charge is 2.17. The van der Waals surface area contributed by atoms with E-state index in [1.54, 1.807) is 13.0 Å². The lowest BCUT2D eigenvalue weighted by Crippen LogP contribution is -2.30. The van der Waals surface area contributed by atoms with E-state index < -0.39 is 6.10 Å². The quantitative estimate of drug-likeness (QED) is 0.799. The Labute approximate surface area is 112 Å². The summed E-state index contributed by atoms with van der Waals surface area (Å²) in [7, 11) is 4.46. The van der Waals surface area contributed by atoms with Crippen molar-refractivity contribution in [1.82, 2.24) is 5.32 Å². The third kappa shape index (κ3) is 3.75. The minimum atomic E-state index is -0.616. The van der Waals surface area contributed by atoms with Gasteiger partial charge in [0.15, 0.2) is 11.5 Å². The Kier molecular flexibility index (Phi) is 5.44. The molecule has 2 N–H and O–H groups in total. The molecule has 0 bridgehead atoms. The van der Waals surface area contributed by atoms with Crippen molar-refractivity contribution in [2.45, 2.75) is 13.0 Å². The lowest BCUT2D eigenvalue weighted by Gasteiger charge is -2.14. The van der Waals surface area contributed by atoms with E-state index in [0.717, 1.165) is 0 Å². The van der Waals surface area contributed by atoms with Crippen molar-refractivity contribution in [1.29, 1.82) is 0 Å². The summed E-state index contributed by atoms with van der Waals surface area (Å²) in [5.41, 5.74) is 0.320. The fraction of sp³-hybridized carbons (Fsp3) is 0.462. The molecule has 0 fully saturated rings. The minimum Gasteiger partial charge on any atom is -0.496 e. The van der Waals surface area contributed by atoms with Crippen LogP contribution < -0.4 is 19.5 Å². The SMILES string of the molecule is COc1cc(OC)c(C(=O)NCC(C)O)cc1OC. The van der Waals surface area contributed by atoms with Crippen LogP contribution in [0.1, 0.15) is 17.3 Å². The summed E-state index contributed by atoms with van der Waals surface area (Å²) in [5, 5.41) is 11.8. The lowest BCUT2D eigenvalue weighted by molar-refractivity contribution is 0.0920. The molecule has 1 unspecified atom stereocenters. The highest BCUT2D eigenvalue weighted by atomic mass is 16.5. The maximum Gasteiger partial charge on any atom is 0.255 e. The number of hydrogen-bond acceptors (Lipinski definition) is 5. The smallest absolute Gasteiger partial charge is 0.255 e. The molecule has 1 aromatic carbocycles. The molecule has 1 atom stereocenters. The number of methoxy groups -OCH3 is 3. The molecule has 1 rings (SSSR count). The van der Waals surface area contributed by atoms with Crippen molar-refractivity contribution < 1.29 is 24.1 Å². The molecule has 0 aliphatic rings. The van der Waals surface area contributed by atoms with Crippen molar-refractivity contribution in [2.75, 3.05) is 27.9 Å². The highest BCUT2D eigenvalue weighted by Crippen LogP contribution is 2.34. The van der Waals surface area contributed by atoms with Crippen molar-refractivity contribution in [3.63, 3.8) is 0 Å². The number of nitrogens with one attached hydrogen (secondary N) is 1. The van der Waals surface area contributed by atoms with Gasteiger partial charge in [-0.25, -0.2) is 0 Å². The number of aliphatic hydroxyl groups is 1. The van der Waals surface area contributed by atoms with E-state index in [1.807, 2.05) is 0 Å². The predicted molar refractivity (Wildman–Crippen MR) is 70.1 cm³/mol. The van der Waals surface area contributed by atoms with Crippen molar-refractivity contribution in [2.24, 2.45) is 0 Å². The van der Waals surface area contributed by atoms with Gasteiger partial charge < -0.3 is 24.6 Å². The molecule has 0 heterocycles. The van der Waals surface area contributed by atoms with E-state index in [1.165, 1.54) is 27.4 Å². The zero-order valence-corrected chi connectivity index (χ0v) is 11.5. The zero-order chi connectivity index (χ0) is 14.4. The summed E-state index contributed by atoms with van der Waals surface area (Å²) in [6.45, 7) is 1.75. The number of benzene rings is 1. The van der Waals surface area contributed by atoms with Crippen molar-refractivity contribution >= 4 is 5.91 Å². The third-order valence-electron chi connectivity index (χ3n) is 2.51. The molecule has 6 heteroatoms. The van der Waals surface area contributed by atoms with Crippen LogP contribution in [0.15, 0.2) is 12.1 Å². The van der Waals surface area contributed by atoms with Crippen molar-refractivity contribution in [3.05, 3.63) is 17.7 Å². The Morgan fingerprint density at radius 1 is 1.16 bits per heavy atom. The van der Waals surface area contributed by atoms with E-state index in [4.69, 9.17) is 19.3 Å². The Morgan fingerprint density at radius 3 is 2.16 bits per heavy atom. The number of ether oxygens (including phenoxy) is 3. The number of carbonyl (C=O) groups is 1. The maximum atomic E-state index is 12.0. The minimum absolute atomic E-state index is 0.163. The van der Waals surface area contributed by atoms with Gasteiger partial charge in [-0.05, 0) is 6.92 Å². The number of carbonyl (C=O) groups excluding carboxylic acids is 1. The fourth-order valence-electron chi connectivity index (χ4n) is 1.54. The molecule has 106 valence electrons. The van der Waals surface area contributed by atoms with E-state index in [0.29, 0.717) is 22.8 Å². The monoisotopic (exact) mass is 269 g/mol. The Morgan fingerprint density at radius 2 is 1.68 bits per heavy atom. The molecule has 0 aliphatic heterocycles. The third-order valence-corrected chi connectivity index (χ3v) is 2.51. The van der Waals surface area contributed by atoms with Gasteiger partial charge in [-0.1, -0.05) is 0 Å². The molecule has 0 aromatic heterocycles. The van der Waals surface area contributed by atoms with Gasteiger partial charge in [-0.15, -0.1) is 0 Å². The first kappa shape index (κ1) is 15.1. The van der Waals surface area contributed by atoms with Gasteiger partial charge in [0, 0.05) is 18.7 Å². The predicted octanol–water partition coefficient (Wildman–Crippen LogP) is 0.823. The summed E-state index contributed by atoms with van der Waals surface area (Å²) in [4.78, 5) is 12.0. The number of aliphatic hydroxyl groups excluding tert-OH is 1. The van der Waals surface area contributed by atoms with Crippen LogP contribution >= 0.6 is 0 Å². The highest BCUT2D eigenvalue weighted by molar-refractivity contribution is 5.97. The second-order valence-electron chi connectivity index (χ2n) is 3.97. The average Bonchev–Trinajstić information content (AvgIpc) is 2.42. The van der Waals surface area contributed by atoms with Crippen LogP contribution in [0.25, 0.3) is 0 Å². The lowest BCUT2D eigenvalue weighted by atomic mass is 10.1. The van der Waals surface area contributed by atoms with Crippen LogP contribution in [0.3, 0.4) is 0 Å². The van der Waals surface area contributed by atoms with Crippen molar-refractivity contribution in [3.8, 4) is 17.2 Å². The van der Waals surface area contributed by atoms with E-state index in [-0.39, 0.29) is 12.5 Å². The van der Waals surface area contributed by atoms with Crippen LogP contribution in [0.2, 0.25) is 0 Å². The van der Waals surface area contributed by atoms with Crippen LogP contribution in [-0.4, -0.2) is 45.0 Å². The number of amides is 1. The number of hydrogen-bond donors (Lipinski definition) is 2. The summed E-state index contributed by atoms with van der Waals surface area (Å²) >= 11 is 0. The normalized spacial score (nSPS) is 11.6. The van der Waals surface area contributed by atoms with Gasteiger partial charge in [0.05, 0.1) is 33.0 Å². The van der Waals surface area contributed by atoms with Gasteiger partial charge in [0.2, 0.25) is 0 Å². The van der Waals surface area contributed by atoms with E-state index >= 15 is 0 Å². The molecule has 0 radical (unpaired) electrons. The molecule has 6 nitrogen and oxygen atoms in total. The van der Waals surface area contributed by atoms with Crippen LogP contribution in [-0.2, 0) is 0 Å². The molecular weight excluding hydrogens is 250 g/mol. The first-order valence-corrected chi connectivity index (χ1v) is 5.79. The zero-order valence-electron chi connectivity index (χ0n) is 11.5. The van der Waals surface area contributed by atoms with Gasteiger partial charge in [-0.3, -0.25) is 4.79 Å². The Balaban J connectivity index is 3.07. The van der Waals surface area contributed by atoms with Crippen LogP contribution in [0, 0.1) is 0 Å². The average molecular weight is 269 g/mol. The molecule has 0 spiro atoms. The molecule has 0 saturated carbocycles. The second-order valence-corrected chi connectivity index (χ2v) is 3.97. The van der Waals surface area contributed by atoms with Gasteiger partial charge in [0.1, 0.15) is 5.75 Å². The second kappa shape index (κ2) is 6.84. The maximum absolute atomic E-state index is 12.0. The number of rotatable bonds is 6. The van der Waals surface area contributed by atoms with E-state index in [9.17, 15) is 4.79 Å². The van der Waals surface area contributed by atoms with Gasteiger partial charge >= 0.3 is 0 Å². The molecule has 1 aromatic rings. The molecule has 1 amide bonds. The Hall–Kier alpha value is -1.95. The first-order chi connectivity index (χ1) is 9.03. The molecule has 0 aliphatic carbocycles. The fourth-order valence-corrected chi connectivity index (χ4v) is 1.54. The van der Waals surface area contributed by atoms with E-state index in [2.05, 4.69) is 5.32 Å². The van der Waals surface area contributed by atoms with Gasteiger partial charge in [-0.2, -0.15) is 0 Å². The summed E-state index contributed by atoms with van der Waals surface area (Å²) < 4.78 is 15.4. The summed E-state index contributed by atoms with van der Waals surface area (Å²) in [6, 6.07) is 3.12.